The Hall–Kier alpha value is -1.32. The van der Waals surface area contributed by atoms with Crippen LogP contribution in [0.2, 0.25) is 0 Å². The lowest BCUT2D eigenvalue weighted by Gasteiger charge is -2.43. The number of fused-ring (bicyclic) bond motifs is 4. The van der Waals surface area contributed by atoms with Gasteiger partial charge in [-0.3, -0.25) is 5.32 Å². The van der Waals surface area contributed by atoms with E-state index in [1.165, 1.54) is 30.4 Å². The fourth-order valence-electron chi connectivity index (χ4n) is 5.86. The van der Waals surface area contributed by atoms with Crippen LogP contribution >= 0.6 is 0 Å². The normalized spacial score (nSPS) is 36.8. The molecule has 25 heavy (non-hydrogen) atoms. The van der Waals surface area contributed by atoms with Gasteiger partial charge < -0.3 is 9.84 Å². The van der Waals surface area contributed by atoms with Crippen LogP contribution in [0.5, 0.6) is 5.75 Å². The zero-order valence-electron chi connectivity index (χ0n) is 15.2. The van der Waals surface area contributed by atoms with Gasteiger partial charge in [0.15, 0.2) is 0 Å². The minimum atomic E-state index is -0.109. The standard InChI is InChI=1S/C22H29NO2/c1-22-11-10-17-16-7-5-15(25-21-3-2-12-23-21)13-14(16)4-6-18(17)19(22)8-9-20(22)24/h5,7,13,19-21,23-24H,2-4,6,8-12H2,1H3/t19-,20-,21?,22-/m0/s1. The third-order valence-corrected chi connectivity index (χ3v) is 7.37. The van der Waals surface area contributed by atoms with E-state index >= 15 is 0 Å². The van der Waals surface area contributed by atoms with Gasteiger partial charge in [0.25, 0.3) is 0 Å². The summed E-state index contributed by atoms with van der Waals surface area (Å²) in [5.74, 6) is 1.61. The molecule has 1 aromatic carbocycles. The first-order valence-corrected chi connectivity index (χ1v) is 10.1. The number of benzene rings is 1. The van der Waals surface area contributed by atoms with Crippen LogP contribution in [0.25, 0.3) is 5.57 Å². The van der Waals surface area contributed by atoms with Gasteiger partial charge in [-0.05, 0) is 92.7 Å². The van der Waals surface area contributed by atoms with Gasteiger partial charge in [-0.2, -0.15) is 0 Å². The number of ether oxygens (including phenoxy) is 1. The Morgan fingerprint density at radius 1 is 1.16 bits per heavy atom. The number of allylic oxidation sites excluding steroid dienone is 2. The Morgan fingerprint density at radius 2 is 2.08 bits per heavy atom. The van der Waals surface area contributed by atoms with Crippen molar-refractivity contribution in [3.63, 3.8) is 0 Å². The van der Waals surface area contributed by atoms with Crippen molar-refractivity contribution in [2.24, 2.45) is 11.3 Å². The molecular weight excluding hydrogens is 310 g/mol. The maximum atomic E-state index is 10.5. The lowest BCUT2D eigenvalue weighted by Crippen LogP contribution is -2.37. The quantitative estimate of drug-likeness (QED) is 0.854. The lowest BCUT2D eigenvalue weighted by molar-refractivity contribution is 0.0379. The van der Waals surface area contributed by atoms with E-state index in [-0.39, 0.29) is 17.7 Å². The Morgan fingerprint density at radius 3 is 2.92 bits per heavy atom. The maximum absolute atomic E-state index is 10.5. The largest absolute Gasteiger partial charge is 0.475 e. The van der Waals surface area contributed by atoms with Crippen LogP contribution in [-0.4, -0.2) is 24.0 Å². The smallest absolute Gasteiger partial charge is 0.150 e. The molecule has 2 N–H and O–H groups in total. The van der Waals surface area contributed by atoms with Crippen molar-refractivity contribution in [2.45, 2.75) is 70.6 Å². The van der Waals surface area contributed by atoms with Crippen LogP contribution in [0.1, 0.15) is 63.0 Å². The molecule has 134 valence electrons. The molecule has 0 spiro atoms. The monoisotopic (exact) mass is 339 g/mol. The molecule has 1 aromatic rings. The second-order valence-corrected chi connectivity index (χ2v) is 8.68. The molecule has 1 saturated carbocycles. The molecule has 0 bridgehead atoms. The molecule has 3 heteroatoms. The van der Waals surface area contributed by atoms with Crippen molar-refractivity contribution in [1.82, 2.24) is 5.32 Å². The highest BCUT2D eigenvalue weighted by Crippen LogP contribution is 2.58. The van der Waals surface area contributed by atoms with E-state index in [0.717, 1.165) is 44.4 Å². The molecule has 1 saturated heterocycles. The number of hydrogen-bond acceptors (Lipinski definition) is 3. The molecule has 0 radical (unpaired) electrons. The van der Waals surface area contributed by atoms with Crippen molar-refractivity contribution in [3.8, 4) is 5.75 Å². The number of aliphatic hydroxyl groups excluding tert-OH is 1. The highest BCUT2D eigenvalue weighted by atomic mass is 16.5. The minimum Gasteiger partial charge on any atom is -0.475 e. The van der Waals surface area contributed by atoms with Crippen molar-refractivity contribution in [3.05, 3.63) is 34.9 Å². The first-order valence-electron chi connectivity index (χ1n) is 10.1. The van der Waals surface area contributed by atoms with Crippen LogP contribution in [0.3, 0.4) is 0 Å². The molecule has 4 aliphatic rings. The second-order valence-electron chi connectivity index (χ2n) is 8.68. The SMILES string of the molecule is C[C@]12CCC3=C(CCc4cc(OC5CCCN5)ccc43)[C@@H]1CC[C@@H]2O. The molecule has 1 aliphatic heterocycles. The van der Waals surface area contributed by atoms with E-state index in [9.17, 15) is 5.11 Å². The van der Waals surface area contributed by atoms with E-state index in [4.69, 9.17) is 4.74 Å². The average molecular weight is 339 g/mol. The highest BCUT2D eigenvalue weighted by Gasteiger charge is 2.50. The highest BCUT2D eigenvalue weighted by molar-refractivity contribution is 5.75. The number of rotatable bonds is 2. The first-order chi connectivity index (χ1) is 12.1. The molecule has 4 atom stereocenters. The Bertz CT molecular complexity index is 719. The molecule has 2 fully saturated rings. The van der Waals surface area contributed by atoms with E-state index in [2.05, 4.69) is 30.4 Å². The Labute approximate surface area is 150 Å². The molecule has 3 nitrogen and oxygen atoms in total. The van der Waals surface area contributed by atoms with Crippen LogP contribution < -0.4 is 10.1 Å². The molecular formula is C22H29NO2. The molecule has 5 rings (SSSR count). The van der Waals surface area contributed by atoms with Crippen LogP contribution in [-0.2, 0) is 6.42 Å². The zero-order chi connectivity index (χ0) is 17.0. The summed E-state index contributed by atoms with van der Waals surface area (Å²) in [6.07, 6.45) is 9.07. The summed E-state index contributed by atoms with van der Waals surface area (Å²) in [6.45, 7) is 3.39. The third-order valence-electron chi connectivity index (χ3n) is 7.37. The molecule has 0 aromatic heterocycles. The second kappa shape index (κ2) is 5.85. The van der Waals surface area contributed by atoms with Crippen LogP contribution in [0.15, 0.2) is 23.8 Å². The van der Waals surface area contributed by atoms with Crippen LogP contribution in [0.4, 0.5) is 0 Å². The number of aryl methyl sites for hydroxylation is 1. The number of aliphatic hydroxyl groups is 1. The van der Waals surface area contributed by atoms with E-state index in [1.54, 1.807) is 11.1 Å². The van der Waals surface area contributed by atoms with E-state index in [0.29, 0.717) is 5.92 Å². The van der Waals surface area contributed by atoms with E-state index < -0.39 is 0 Å². The van der Waals surface area contributed by atoms with Crippen molar-refractivity contribution in [2.75, 3.05) is 6.54 Å². The number of hydrogen-bond donors (Lipinski definition) is 2. The first kappa shape index (κ1) is 15.9. The third kappa shape index (κ3) is 2.47. The van der Waals surface area contributed by atoms with Gasteiger partial charge in [0.2, 0.25) is 0 Å². The number of nitrogens with one attached hydrogen (secondary N) is 1. The minimum absolute atomic E-state index is 0.109. The predicted molar refractivity (Wildman–Crippen MR) is 99.4 cm³/mol. The van der Waals surface area contributed by atoms with Gasteiger partial charge in [0.05, 0.1) is 6.10 Å². The van der Waals surface area contributed by atoms with Gasteiger partial charge in [-0.1, -0.05) is 18.6 Å². The summed E-state index contributed by atoms with van der Waals surface area (Å²) < 4.78 is 6.12. The Balaban J connectivity index is 1.45. The summed E-state index contributed by atoms with van der Waals surface area (Å²) in [5.41, 5.74) is 6.27. The fourth-order valence-corrected chi connectivity index (χ4v) is 5.86. The molecule has 1 unspecified atom stereocenters. The maximum Gasteiger partial charge on any atom is 0.150 e. The summed E-state index contributed by atoms with van der Waals surface area (Å²) in [5, 5.41) is 13.9. The Kier molecular flexibility index (Phi) is 3.72. The van der Waals surface area contributed by atoms with Gasteiger partial charge in [0, 0.05) is 5.41 Å². The summed E-state index contributed by atoms with van der Waals surface area (Å²) >= 11 is 0. The van der Waals surface area contributed by atoms with Gasteiger partial charge >= 0.3 is 0 Å². The van der Waals surface area contributed by atoms with Crippen molar-refractivity contribution < 1.29 is 9.84 Å². The zero-order valence-corrected chi connectivity index (χ0v) is 15.2. The lowest BCUT2D eigenvalue weighted by atomic mass is 9.62. The van der Waals surface area contributed by atoms with Crippen molar-refractivity contribution >= 4 is 5.57 Å². The fraction of sp³-hybridized carbons (Fsp3) is 0.636. The van der Waals surface area contributed by atoms with Gasteiger partial charge in [-0.25, -0.2) is 0 Å². The molecule has 3 aliphatic carbocycles. The van der Waals surface area contributed by atoms with Crippen molar-refractivity contribution in [1.29, 1.82) is 0 Å². The van der Waals surface area contributed by atoms with E-state index in [1.807, 2.05) is 0 Å². The topological polar surface area (TPSA) is 41.5 Å². The molecule has 1 heterocycles. The summed E-state index contributed by atoms with van der Waals surface area (Å²) in [6, 6.07) is 6.73. The summed E-state index contributed by atoms with van der Waals surface area (Å²) in [4.78, 5) is 0. The summed E-state index contributed by atoms with van der Waals surface area (Å²) in [7, 11) is 0. The van der Waals surface area contributed by atoms with Crippen LogP contribution in [0, 0.1) is 11.3 Å². The predicted octanol–water partition coefficient (Wildman–Crippen LogP) is 4.05. The van der Waals surface area contributed by atoms with Gasteiger partial charge in [-0.15, -0.1) is 0 Å². The van der Waals surface area contributed by atoms with Gasteiger partial charge in [0.1, 0.15) is 12.0 Å². The average Bonchev–Trinajstić information content (AvgIpc) is 3.23. The molecule has 0 amide bonds.